The normalized spacial score (nSPS) is 14.6. The van der Waals surface area contributed by atoms with Crippen LogP contribution in [0.5, 0.6) is 11.5 Å². The number of hydrogen-bond acceptors (Lipinski definition) is 7. The van der Waals surface area contributed by atoms with Gasteiger partial charge in [0.05, 0.1) is 31.6 Å². The maximum absolute atomic E-state index is 12.5. The molecule has 1 N–H and O–H groups in total. The highest BCUT2D eigenvalue weighted by Crippen LogP contribution is 2.36. The molecule has 1 fully saturated rings. The van der Waals surface area contributed by atoms with Crippen molar-refractivity contribution in [1.82, 2.24) is 10.3 Å². The van der Waals surface area contributed by atoms with E-state index < -0.39 is 0 Å². The van der Waals surface area contributed by atoms with Crippen molar-refractivity contribution in [2.45, 2.75) is 0 Å². The number of rotatable bonds is 8. The van der Waals surface area contributed by atoms with Gasteiger partial charge in [-0.25, -0.2) is 5.43 Å². The maximum Gasteiger partial charge on any atom is 0.283 e. The first kappa shape index (κ1) is 23.8. The van der Waals surface area contributed by atoms with Gasteiger partial charge in [-0.15, -0.1) is 11.3 Å². The second-order valence-corrected chi connectivity index (χ2v) is 9.16. The van der Waals surface area contributed by atoms with Crippen molar-refractivity contribution < 1.29 is 19.0 Å². The minimum atomic E-state index is -0.386. The molecule has 0 atom stereocenters. The molecule has 4 rings (SSSR count). The highest BCUT2D eigenvalue weighted by atomic mass is 35.5. The van der Waals surface area contributed by atoms with Crippen LogP contribution < -0.4 is 14.9 Å². The van der Waals surface area contributed by atoms with Gasteiger partial charge in [-0.3, -0.25) is 9.69 Å². The Morgan fingerprint density at radius 1 is 1.21 bits per heavy atom. The van der Waals surface area contributed by atoms with E-state index in [4.69, 9.17) is 37.4 Å². The molecular formula is C23H23Cl2N3O4S. The third-order valence-electron chi connectivity index (χ3n) is 5.13. The molecule has 3 aromatic rings. The monoisotopic (exact) mass is 507 g/mol. The van der Waals surface area contributed by atoms with Crippen LogP contribution in [0.25, 0.3) is 10.1 Å². The molecular weight excluding hydrogens is 485 g/mol. The van der Waals surface area contributed by atoms with Gasteiger partial charge in [-0.05, 0) is 35.9 Å². The van der Waals surface area contributed by atoms with Gasteiger partial charge in [0, 0.05) is 34.7 Å². The molecule has 0 radical (unpaired) electrons. The maximum atomic E-state index is 12.5. The van der Waals surface area contributed by atoms with E-state index in [1.54, 1.807) is 31.4 Å². The minimum Gasteiger partial charge on any atom is -0.493 e. The number of methoxy groups -OCH3 is 1. The van der Waals surface area contributed by atoms with E-state index in [1.807, 2.05) is 12.1 Å². The Morgan fingerprint density at radius 3 is 2.82 bits per heavy atom. The number of morpholine rings is 1. The second-order valence-electron chi connectivity index (χ2n) is 7.30. The van der Waals surface area contributed by atoms with Crippen molar-refractivity contribution in [3.8, 4) is 11.5 Å². The van der Waals surface area contributed by atoms with E-state index in [0.29, 0.717) is 33.0 Å². The zero-order chi connectivity index (χ0) is 23.2. The minimum absolute atomic E-state index is 0.382. The molecule has 1 amide bonds. The number of thiophene rings is 1. The molecule has 0 saturated carbocycles. The van der Waals surface area contributed by atoms with Crippen LogP contribution in [0.3, 0.4) is 0 Å². The molecule has 2 heterocycles. The van der Waals surface area contributed by atoms with E-state index in [0.717, 1.165) is 48.5 Å². The molecule has 1 saturated heterocycles. The fourth-order valence-corrected chi connectivity index (χ4v) is 5.08. The van der Waals surface area contributed by atoms with Crippen LogP contribution in [0, 0.1) is 0 Å². The van der Waals surface area contributed by atoms with Gasteiger partial charge in [0.15, 0.2) is 11.5 Å². The summed E-state index contributed by atoms with van der Waals surface area (Å²) in [6.07, 6.45) is 1.54. The number of ether oxygens (including phenoxy) is 3. The molecule has 174 valence electrons. The summed E-state index contributed by atoms with van der Waals surface area (Å²) >= 11 is 13.7. The number of nitrogens with zero attached hydrogens (tertiary/aromatic N) is 2. The van der Waals surface area contributed by atoms with Crippen LogP contribution in [0.2, 0.25) is 10.0 Å². The molecule has 1 aromatic heterocycles. The lowest BCUT2D eigenvalue weighted by molar-refractivity contribution is 0.0321. The molecule has 0 spiro atoms. The number of hydrazone groups is 1. The summed E-state index contributed by atoms with van der Waals surface area (Å²) in [7, 11) is 1.59. The first-order valence-electron chi connectivity index (χ1n) is 10.4. The van der Waals surface area contributed by atoms with E-state index in [2.05, 4.69) is 15.4 Å². The van der Waals surface area contributed by atoms with E-state index in [1.165, 1.54) is 17.6 Å². The zero-order valence-electron chi connectivity index (χ0n) is 18.0. The summed E-state index contributed by atoms with van der Waals surface area (Å²) in [5.74, 6) is 0.864. The molecule has 2 aromatic carbocycles. The Balaban J connectivity index is 1.35. The van der Waals surface area contributed by atoms with Gasteiger partial charge >= 0.3 is 0 Å². The van der Waals surface area contributed by atoms with Gasteiger partial charge in [0.25, 0.3) is 5.91 Å². The fraction of sp³-hybridized carbons (Fsp3) is 0.304. The average molecular weight is 508 g/mol. The number of carbonyl (C=O) groups excluding carboxylic acids is 1. The first-order chi connectivity index (χ1) is 16.0. The van der Waals surface area contributed by atoms with Crippen LogP contribution in [0.1, 0.15) is 15.2 Å². The number of hydrogen-bond donors (Lipinski definition) is 1. The molecule has 1 aliphatic rings. The van der Waals surface area contributed by atoms with Crippen molar-refractivity contribution in [3.63, 3.8) is 0 Å². The van der Waals surface area contributed by atoms with Gasteiger partial charge in [-0.1, -0.05) is 29.3 Å². The van der Waals surface area contributed by atoms with Crippen LogP contribution in [0.4, 0.5) is 0 Å². The van der Waals surface area contributed by atoms with E-state index >= 15 is 0 Å². The number of benzene rings is 2. The predicted molar refractivity (Wildman–Crippen MR) is 133 cm³/mol. The molecule has 33 heavy (non-hydrogen) atoms. The van der Waals surface area contributed by atoms with Crippen molar-refractivity contribution in [2.24, 2.45) is 5.10 Å². The van der Waals surface area contributed by atoms with E-state index in [-0.39, 0.29) is 5.91 Å². The third-order valence-corrected chi connectivity index (χ3v) is 7.02. The summed E-state index contributed by atoms with van der Waals surface area (Å²) < 4.78 is 17.5. The highest BCUT2D eigenvalue weighted by Gasteiger charge is 2.17. The van der Waals surface area contributed by atoms with E-state index in [9.17, 15) is 4.79 Å². The molecule has 7 nitrogen and oxygen atoms in total. The Hall–Kier alpha value is -2.36. The lowest BCUT2D eigenvalue weighted by Gasteiger charge is -2.26. The molecule has 0 unspecified atom stereocenters. The fourth-order valence-electron chi connectivity index (χ4n) is 3.39. The lowest BCUT2D eigenvalue weighted by Crippen LogP contribution is -2.38. The van der Waals surface area contributed by atoms with Crippen molar-refractivity contribution in [2.75, 3.05) is 46.6 Å². The van der Waals surface area contributed by atoms with Crippen molar-refractivity contribution >= 4 is 56.7 Å². The summed E-state index contributed by atoms with van der Waals surface area (Å²) in [5.41, 5.74) is 3.27. The van der Waals surface area contributed by atoms with Gasteiger partial charge in [-0.2, -0.15) is 5.10 Å². The zero-order valence-corrected chi connectivity index (χ0v) is 20.3. The predicted octanol–water partition coefficient (Wildman–Crippen LogP) is 4.69. The van der Waals surface area contributed by atoms with Gasteiger partial charge < -0.3 is 14.2 Å². The van der Waals surface area contributed by atoms with Crippen LogP contribution >= 0.6 is 34.5 Å². The Bertz CT molecular complexity index is 1160. The van der Waals surface area contributed by atoms with Gasteiger partial charge in [0.1, 0.15) is 11.5 Å². The van der Waals surface area contributed by atoms with Crippen LogP contribution in [-0.2, 0) is 4.74 Å². The Morgan fingerprint density at radius 2 is 2.03 bits per heavy atom. The third kappa shape index (κ3) is 5.96. The van der Waals surface area contributed by atoms with Crippen molar-refractivity contribution in [1.29, 1.82) is 0 Å². The molecule has 10 heteroatoms. The van der Waals surface area contributed by atoms with Crippen molar-refractivity contribution in [3.05, 3.63) is 56.9 Å². The number of carbonyl (C=O) groups is 1. The largest absolute Gasteiger partial charge is 0.493 e. The second kappa shape index (κ2) is 11.2. The molecule has 1 aliphatic heterocycles. The number of halogens is 2. The summed E-state index contributed by atoms with van der Waals surface area (Å²) in [5, 5.41) is 5.82. The van der Waals surface area contributed by atoms with Crippen LogP contribution in [-0.4, -0.2) is 63.6 Å². The quantitative estimate of drug-likeness (QED) is 0.353. The highest BCUT2D eigenvalue weighted by molar-refractivity contribution is 7.21. The lowest BCUT2D eigenvalue weighted by atomic mass is 10.2. The molecule has 0 bridgehead atoms. The topological polar surface area (TPSA) is 72.4 Å². The number of amides is 1. The van der Waals surface area contributed by atoms with Crippen LogP contribution in [0.15, 0.2) is 41.5 Å². The first-order valence-corrected chi connectivity index (χ1v) is 11.9. The SMILES string of the molecule is COc1cc(/C=N/NC(=O)c2sc3cc(Cl)ccc3c2Cl)ccc1OCCN1CCOCC1. The summed E-state index contributed by atoms with van der Waals surface area (Å²) in [6.45, 7) is 4.74. The Kier molecular flexibility index (Phi) is 8.06. The average Bonchev–Trinajstić information content (AvgIpc) is 3.15. The number of nitrogens with one attached hydrogen (secondary N) is 1. The van der Waals surface area contributed by atoms with Gasteiger partial charge in [0.2, 0.25) is 0 Å². The number of fused-ring (bicyclic) bond motifs is 1. The molecule has 0 aliphatic carbocycles. The smallest absolute Gasteiger partial charge is 0.283 e. The Labute approximate surface area is 205 Å². The standard InChI is InChI=1S/C23H23Cl2N3O4S/c1-30-19-12-15(2-5-18(19)32-11-8-28-6-9-31-10-7-28)14-26-27-23(29)22-21(25)17-4-3-16(24)13-20(17)33-22/h2-5,12-14H,6-11H2,1H3,(H,27,29)/b26-14+. The summed E-state index contributed by atoms with van der Waals surface area (Å²) in [4.78, 5) is 15.2. The summed E-state index contributed by atoms with van der Waals surface area (Å²) in [6, 6.07) is 10.8.